The Bertz CT molecular complexity index is 535. The molecule has 2 heterocycles. The molecule has 0 aromatic carbocycles. The van der Waals surface area contributed by atoms with E-state index in [1.54, 1.807) is 7.05 Å². The average Bonchev–Trinajstić information content (AvgIpc) is 2.91. The van der Waals surface area contributed by atoms with Gasteiger partial charge in [0.25, 0.3) is 6.43 Å². The SMILES string of the molecule is CCC1(C)CC(SCc2c(C(F)F)nn(C)c2Cl)=NO1. The molecule has 0 fully saturated rings. The molecule has 0 radical (unpaired) electrons. The standard InChI is InChI=1S/C12H16ClF2N3OS/c1-4-12(2)5-8(17-19-12)20-6-7-9(11(14)15)16-18(3)10(7)13/h11H,4-6H2,1-3H3. The summed E-state index contributed by atoms with van der Waals surface area (Å²) in [5.41, 5.74) is -0.184. The van der Waals surface area contributed by atoms with Crippen LogP contribution in [-0.2, 0) is 17.6 Å². The number of nitrogens with zero attached hydrogens (tertiary/aromatic N) is 3. The predicted molar refractivity (Wildman–Crippen MR) is 76.3 cm³/mol. The molecule has 0 spiro atoms. The van der Waals surface area contributed by atoms with Crippen molar-refractivity contribution in [2.75, 3.05) is 0 Å². The van der Waals surface area contributed by atoms with Crippen molar-refractivity contribution >= 4 is 28.4 Å². The van der Waals surface area contributed by atoms with Gasteiger partial charge >= 0.3 is 0 Å². The van der Waals surface area contributed by atoms with E-state index in [9.17, 15) is 8.78 Å². The number of alkyl halides is 2. The third-order valence-corrected chi connectivity index (χ3v) is 4.79. The second kappa shape index (κ2) is 5.89. The van der Waals surface area contributed by atoms with Crippen molar-refractivity contribution < 1.29 is 13.6 Å². The Balaban J connectivity index is 2.05. The third kappa shape index (κ3) is 3.09. The first kappa shape index (κ1) is 15.6. The highest BCUT2D eigenvalue weighted by Gasteiger charge is 2.33. The number of thioether (sulfide) groups is 1. The average molecular weight is 324 g/mol. The smallest absolute Gasteiger partial charge is 0.282 e. The molecule has 2 rings (SSSR count). The number of rotatable bonds is 4. The van der Waals surface area contributed by atoms with Crippen LogP contribution in [0.2, 0.25) is 5.15 Å². The minimum atomic E-state index is -2.63. The van der Waals surface area contributed by atoms with Crippen LogP contribution in [0.15, 0.2) is 5.16 Å². The van der Waals surface area contributed by atoms with Crippen molar-refractivity contribution in [3.63, 3.8) is 0 Å². The maximum absolute atomic E-state index is 12.9. The molecule has 0 N–H and O–H groups in total. The number of hydrogen-bond acceptors (Lipinski definition) is 4. The highest BCUT2D eigenvalue weighted by Crippen LogP contribution is 2.35. The van der Waals surface area contributed by atoms with Crippen LogP contribution in [0.1, 0.15) is 44.4 Å². The Morgan fingerprint density at radius 1 is 1.55 bits per heavy atom. The summed E-state index contributed by atoms with van der Waals surface area (Å²) < 4.78 is 27.1. The van der Waals surface area contributed by atoms with Crippen LogP contribution in [0, 0.1) is 0 Å². The molecular weight excluding hydrogens is 308 g/mol. The fourth-order valence-corrected chi connectivity index (χ4v) is 3.22. The summed E-state index contributed by atoms with van der Waals surface area (Å²) in [5.74, 6) is 0.314. The van der Waals surface area contributed by atoms with E-state index < -0.39 is 6.43 Å². The second-order valence-electron chi connectivity index (χ2n) is 4.92. The van der Waals surface area contributed by atoms with Gasteiger partial charge in [-0.15, -0.1) is 11.8 Å². The summed E-state index contributed by atoms with van der Waals surface area (Å²) in [7, 11) is 1.55. The van der Waals surface area contributed by atoms with Crippen molar-refractivity contribution in [3.05, 3.63) is 16.4 Å². The molecular formula is C12H16ClF2N3OS. The number of hydrogen-bond donors (Lipinski definition) is 0. The van der Waals surface area contributed by atoms with Crippen LogP contribution >= 0.6 is 23.4 Å². The number of aromatic nitrogens is 2. The quantitative estimate of drug-likeness (QED) is 0.835. The lowest BCUT2D eigenvalue weighted by Gasteiger charge is -2.18. The molecule has 1 aromatic rings. The molecule has 0 amide bonds. The van der Waals surface area contributed by atoms with Crippen LogP contribution in [0.3, 0.4) is 0 Å². The number of aryl methyl sites for hydroxylation is 1. The van der Waals surface area contributed by atoms with Crippen molar-refractivity contribution in [1.82, 2.24) is 9.78 Å². The fraction of sp³-hybridized carbons (Fsp3) is 0.667. The fourth-order valence-electron chi connectivity index (χ4n) is 1.84. The van der Waals surface area contributed by atoms with Crippen LogP contribution < -0.4 is 0 Å². The highest BCUT2D eigenvalue weighted by atomic mass is 35.5. The predicted octanol–water partition coefficient (Wildman–Crippen LogP) is 4.15. The van der Waals surface area contributed by atoms with Crippen molar-refractivity contribution in [2.45, 2.75) is 44.5 Å². The van der Waals surface area contributed by atoms with E-state index in [4.69, 9.17) is 16.4 Å². The molecule has 1 unspecified atom stereocenters. The van der Waals surface area contributed by atoms with Gasteiger partial charge in [-0.2, -0.15) is 5.10 Å². The molecule has 112 valence electrons. The molecule has 0 saturated heterocycles. The largest absolute Gasteiger partial charge is 0.388 e. The summed E-state index contributed by atoms with van der Waals surface area (Å²) in [5, 5.41) is 8.80. The molecule has 0 aliphatic carbocycles. The van der Waals surface area contributed by atoms with Crippen LogP contribution in [0.5, 0.6) is 0 Å². The maximum Gasteiger partial charge on any atom is 0.282 e. The van der Waals surface area contributed by atoms with Crippen LogP contribution in [0.25, 0.3) is 0 Å². The van der Waals surface area contributed by atoms with Crippen molar-refractivity contribution in [1.29, 1.82) is 0 Å². The zero-order valence-electron chi connectivity index (χ0n) is 11.5. The van der Waals surface area contributed by atoms with Gasteiger partial charge in [0.15, 0.2) is 0 Å². The lowest BCUT2D eigenvalue weighted by Crippen LogP contribution is -2.22. The number of halogens is 3. The Hall–Kier alpha value is -0.820. The summed E-state index contributed by atoms with van der Waals surface area (Å²) in [6.07, 6.45) is -1.10. The van der Waals surface area contributed by atoms with Crippen LogP contribution in [-0.4, -0.2) is 20.4 Å². The van der Waals surface area contributed by atoms with E-state index in [1.807, 2.05) is 13.8 Å². The third-order valence-electron chi connectivity index (χ3n) is 3.33. The normalized spacial score (nSPS) is 22.2. The summed E-state index contributed by atoms with van der Waals surface area (Å²) in [4.78, 5) is 5.37. The monoisotopic (exact) mass is 323 g/mol. The first-order chi connectivity index (χ1) is 9.36. The van der Waals surface area contributed by atoms with Gasteiger partial charge in [0.1, 0.15) is 21.5 Å². The Kier molecular flexibility index (Phi) is 4.59. The maximum atomic E-state index is 12.9. The van der Waals surface area contributed by atoms with E-state index >= 15 is 0 Å². The molecule has 4 nitrogen and oxygen atoms in total. The molecule has 1 aliphatic rings. The van der Waals surface area contributed by atoms with E-state index in [2.05, 4.69) is 10.3 Å². The summed E-state index contributed by atoms with van der Waals surface area (Å²) in [6, 6.07) is 0. The minimum absolute atomic E-state index is 0.241. The van der Waals surface area contributed by atoms with E-state index in [-0.39, 0.29) is 16.4 Å². The summed E-state index contributed by atoms with van der Waals surface area (Å²) in [6.45, 7) is 4.00. The zero-order chi connectivity index (χ0) is 14.9. The second-order valence-corrected chi connectivity index (χ2v) is 6.33. The topological polar surface area (TPSA) is 39.4 Å². The van der Waals surface area contributed by atoms with E-state index in [0.717, 1.165) is 11.5 Å². The van der Waals surface area contributed by atoms with E-state index in [0.29, 0.717) is 17.7 Å². The van der Waals surface area contributed by atoms with Crippen molar-refractivity contribution in [2.24, 2.45) is 12.2 Å². The molecule has 1 aromatic heterocycles. The number of oxime groups is 1. The highest BCUT2D eigenvalue weighted by molar-refractivity contribution is 8.13. The Labute approximate surface area is 125 Å². The van der Waals surface area contributed by atoms with Gasteiger partial charge in [-0.3, -0.25) is 4.68 Å². The van der Waals surface area contributed by atoms with Gasteiger partial charge in [0.05, 0.1) is 0 Å². The molecule has 8 heteroatoms. The van der Waals surface area contributed by atoms with Gasteiger partial charge in [0.2, 0.25) is 0 Å². The van der Waals surface area contributed by atoms with Crippen LogP contribution in [0.4, 0.5) is 8.78 Å². The first-order valence-corrected chi connectivity index (χ1v) is 7.60. The molecule has 0 saturated carbocycles. The Morgan fingerprint density at radius 2 is 2.25 bits per heavy atom. The van der Waals surface area contributed by atoms with Gasteiger partial charge in [-0.25, -0.2) is 8.78 Å². The zero-order valence-corrected chi connectivity index (χ0v) is 13.1. The van der Waals surface area contributed by atoms with E-state index in [1.165, 1.54) is 16.4 Å². The van der Waals surface area contributed by atoms with Gasteiger partial charge < -0.3 is 4.84 Å². The van der Waals surface area contributed by atoms with Gasteiger partial charge in [0, 0.05) is 24.8 Å². The van der Waals surface area contributed by atoms with Crippen molar-refractivity contribution in [3.8, 4) is 0 Å². The van der Waals surface area contributed by atoms with Gasteiger partial charge in [-0.1, -0.05) is 23.7 Å². The lowest BCUT2D eigenvalue weighted by molar-refractivity contribution is -0.00604. The first-order valence-electron chi connectivity index (χ1n) is 6.23. The lowest BCUT2D eigenvalue weighted by atomic mass is 10.0. The summed E-state index contributed by atoms with van der Waals surface area (Å²) >= 11 is 7.38. The molecule has 1 aliphatic heterocycles. The Morgan fingerprint density at radius 3 is 2.80 bits per heavy atom. The van der Waals surface area contributed by atoms with Gasteiger partial charge in [-0.05, 0) is 13.3 Å². The molecule has 0 bridgehead atoms. The minimum Gasteiger partial charge on any atom is -0.388 e. The molecule has 20 heavy (non-hydrogen) atoms. The molecule has 1 atom stereocenters.